The highest BCUT2D eigenvalue weighted by molar-refractivity contribution is 5.42. The molecule has 4 heteroatoms. The topological polar surface area (TPSA) is 51.3 Å². The molecule has 0 aliphatic heterocycles. The van der Waals surface area contributed by atoms with Crippen molar-refractivity contribution >= 4 is 0 Å². The van der Waals surface area contributed by atoms with Gasteiger partial charge in [-0.2, -0.15) is 0 Å². The van der Waals surface area contributed by atoms with Crippen LogP contribution in [0, 0.1) is 0 Å². The minimum atomic E-state index is -0.0710. The van der Waals surface area contributed by atoms with E-state index in [2.05, 4.69) is 4.98 Å². The van der Waals surface area contributed by atoms with Crippen LogP contribution in [0.4, 0.5) is 0 Å². The van der Waals surface area contributed by atoms with Crippen molar-refractivity contribution in [1.82, 2.24) is 4.98 Å². The Balaban J connectivity index is 1.99. The fourth-order valence-corrected chi connectivity index (χ4v) is 3.00. The number of methoxy groups -OCH3 is 2. The molecule has 0 fully saturated rings. The van der Waals surface area contributed by atoms with Crippen molar-refractivity contribution < 1.29 is 9.47 Å². The van der Waals surface area contributed by atoms with Gasteiger partial charge in [0.05, 0.1) is 14.2 Å². The quantitative estimate of drug-likeness (QED) is 0.749. The molecule has 0 unspecified atom stereocenters. The molecule has 25 heavy (non-hydrogen) atoms. The molecule has 0 amide bonds. The van der Waals surface area contributed by atoms with E-state index in [-0.39, 0.29) is 5.56 Å². The van der Waals surface area contributed by atoms with Crippen molar-refractivity contribution in [2.75, 3.05) is 14.2 Å². The normalized spacial score (nSPS) is 10.5. The minimum Gasteiger partial charge on any atom is -0.496 e. The van der Waals surface area contributed by atoms with Crippen LogP contribution < -0.4 is 15.0 Å². The maximum absolute atomic E-state index is 12.5. The predicted octanol–water partition coefficient (Wildman–Crippen LogP) is 3.57. The Morgan fingerprint density at radius 1 is 0.760 bits per heavy atom. The fourth-order valence-electron chi connectivity index (χ4n) is 3.00. The van der Waals surface area contributed by atoms with Crippen molar-refractivity contribution in [2.45, 2.75) is 12.8 Å². The molecule has 0 aliphatic rings. The van der Waals surface area contributed by atoms with E-state index in [0.29, 0.717) is 12.8 Å². The molecule has 0 atom stereocenters. The molecule has 1 heterocycles. The first-order valence-electron chi connectivity index (χ1n) is 8.16. The van der Waals surface area contributed by atoms with Gasteiger partial charge in [0.1, 0.15) is 11.5 Å². The molecule has 0 saturated heterocycles. The lowest BCUT2D eigenvalue weighted by Gasteiger charge is -2.13. The summed E-state index contributed by atoms with van der Waals surface area (Å²) in [7, 11) is 3.30. The van der Waals surface area contributed by atoms with Gasteiger partial charge in [-0.1, -0.05) is 36.4 Å². The van der Waals surface area contributed by atoms with Crippen molar-refractivity contribution in [3.8, 4) is 11.5 Å². The number of rotatable bonds is 6. The van der Waals surface area contributed by atoms with Gasteiger partial charge in [0.15, 0.2) is 0 Å². The molecule has 1 aromatic heterocycles. The van der Waals surface area contributed by atoms with Crippen LogP contribution in [0.15, 0.2) is 65.6 Å². The second kappa shape index (κ2) is 7.71. The van der Waals surface area contributed by atoms with Crippen molar-refractivity contribution in [1.29, 1.82) is 0 Å². The molecule has 128 valence electrons. The third-order valence-corrected chi connectivity index (χ3v) is 4.29. The van der Waals surface area contributed by atoms with E-state index in [9.17, 15) is 4.79 Å². The maximum Gasteiger partial charge on any atom is 0.251 e. The molecular weight excluding hydrogens is 314 g/mol. The van der Waals surface area contributed by atoms with Crippen molar-refractivity contribution in [3.05, 3.63) is 93.4 Å². The molecule has 3 rings (SSSR count). The summed E-state index contributed by atoms with van der Waals surface area (Å²) in [6.07, 6.45) is 2.85. The number of aromatic amines is 1. The summed E-state index contributed by atoms with van der Waals surface area (Å²) in [5.41, 5.74) is 3.70. The van der Waals surface area contributed by atoms with Gasteiger partial charge in [-0.3, -0.25) is 4.79 Å². The number of ether oxygens (including phenoxy) is 2. The number of aromatic nitrogens is 1. The second-order valence-corrected chi connectivity index (χ2v) is 5.79. The minimum absolute atomic E-state index is 0.0710. The van der Waals surface area contributed by atoms with E-state index in [1.54, 1.807) is 20.4 Å². The molecule has 0 aliphatic carbocycles. The molecule has 3 aromatic rings. The van der Waals surface area contributed by atoms with Gasteiger partial charge in [0.25, 0.3) is 5.56 Å². The summed E-state index contributed by atoms with van der Waals surface area (Å²) in [4.78, 5) is 15.2. The lowest BCUT2D eigenvalue weighted by molar-refractivity contribution is 0.410. The third-order valence-electron chi connectivity index (χ3n) is 4.29. The highest BCUT2D eigenvalue weighted by Crippen LogP contribution is 2.25. The SMILES string of the molecule is COc1ccccc1Cc1cc[nH]c(=O)c1Cc1ccccc1OC. The number of benzene rings is 2. The summed E-state index contributed by atoms with van der Waals surface area (Å²) in [6, 6.07) is 17.6. The van der Waals surface area contributed by atoms with Crippen LogP contribution in [0.1, 0.15) is 22.3 Å². The molecule has 2 aromatic carbocycles. The van der Waals surface area contributed by atoms with Crippen LogP contribution in [0.3, 0.4) is 0 Å². The van der Waals surface area contributed by atoms with E-state index >= 15 is 0 Å². The zero-order valence-electron chi connectivity index (χ0n) is 14.4. The standard InChI is InChI=1S/C21H21NO3/c1-24-19-9-5-3-7-16(19)13-15-11-12-22-21(23)18(15)14-17-8-4-6-10-20(17)25-2/h3-12H,13-14H2,1-2H3,(H,22,23). The van der Waals surface area contributed by atoms with E-state index in [1.165, 1.54) is 0 Å². The summed E-state index contributed by atoms with van der Waals surface area (Å²) < 4.78 is 10.9. The van der Waals surface area contributed by atoms with E-state index in [1.807, 2.05) is 54.6 Å². The van der Waals surface area contributed by atoms with Crippen LogP contribution in [0.25, 0.3) is 0 Å². The van der Waals surface area contributed by atoms with Crippen LogP contribution in [-0.4, -0.2) is 19.2 Å². The van der Waals surface area contributed by atoms with E-state index < -0.39 is 0 Å². The Kier molecular flexibility index (Phi) is 5.19. The zero-order valence-corrected chi connectivity index (χ0v) is 14.4. The molecule has 0 bridgehead atoms. The Labute approximate surface area is 147 Å². The molecule has 1 N–H and O–H groups in total. The first-order chi connectivity index (χ1) is 12.2. The van der Waals surface area contributed by atoms with E-state index in [0.717, 1.165) is 33.8 Å². The fraction of sp³-hybridized carbons (Fsp3) is 0.190. The van der Waals surface area contributed by atoms with Crippen LogP contribution in [0.5, 0.6) is 11.5 Å². The van der Waals surface area contributed by atoms with Gasteiger partial charge in [-0.15, -0.1) is 0 Å². The molecular formula is C21H21NO3. The van der Waals surface area contributed by atoms with Gasteiger partial charge in [0.2, 0.25) is 0 Å². The predicted molar refractivity (Wildman–Crippen MR) is 98.7 cm³/mol. The van der Waals surface area contributed by atoms with Gasteiger partial charge >= 0.3 is 0 Å². The smallest absolute Gasteiger partial charge is 0.251 e. The summed E-state index contributed by atoms with van der Waals surface area (Å²) in [5, 5.41) is 0. The lowest BCUT2D eigenvalue weighted by atomic mass is 9.96. The Morgan fingerprint density at radius 3 is 1.92 bits per heavy atom. The number of pyridine rings is 1. The van der Waals surface area contributed by atoms with E-state index in [4.69, 9.17) is 9.47 Å². The number of nitrogens with one attached hydrogen (secondary N) is 1. The van der Waals surface area contributed by atoms with Gasteiger partial charge < -0.3 is 14.5 Å². The Morgan fingerprint density at radius 2 is 1.32 bits per heavy atom. The zero-order chi connectivity index (χ0) is 17.6. The third kappa shape index (κ3) is 3.74. The molecule has 4 nitrogen and oxygen atoms in total. The van der Waals surface area contributed by atoms with Gasteiger partial charge in [-0.25, -0.2) is 0 Å². The average Bonchev–Trinajstić information content (AvgIpc) is 2.65. The van der Waals surface area contributed by atoms with Crippen LogP contribution >= 0.6 is 0 Å². The second-order valence-electron chi connectivity index (χ2n) is 5.79. The summed E-state index contributed by atoms with van der Waals surface area (Å²) >= 11 is 0. The largest absolute Gasteiger partial charge is 0.496 e. The molecule has 0 saturated carbocycles. The monoisotopic (exact) mass is 335 g/mol. The molecule has 0 spiro atoms. The van der Waals surface area contributed by atoms with Crippen molar-refractivity contribution in [2.24, 2.45) is 0 Å². The number of para-hydroxylation sites is 2. The van der Waals surface area contributed by atoms with Gasteiger partial charge in [0, 0.05) is 24.6 Å². The highest BCUT2D eigenvalue weighted by Gasteiger charge is 2.13. The van der Waals surface area contributed by atoms with Gasteiger partial charge in [-0.05, 0) is 34.9 Å². The number of hydrogen-bond donors (Lipinski definition) is 1. The highest BCUT2D eigenvalue weighted by atomic mass is 16.5. The first-order valence-corrected chi connectivity index (χ1v) is 8.16. The Bertz CT molecular complexity index is 915. The lowest BCUT2D eigenvalue weighted by Crippen LogP contribution is -2.16. The average molecular weight is 335 g/mol. The number of hydrogen-bond acceptors (Lipinski definition) is 3. The Hall–Kier alpha value is -3.01. The molecule has 0 radical (unpaired) electrons. The summed E-state index contributed by atoms with van der Waals surface area (Å²) in [6.45, 7) is 0. The van der Waals surface area contributed by atoms with Crippen molar-refractivity contribution in [3.63, 3.8) is 0 Å². The van der Waals surface area contributed by atoms with Crippen LogP contribution in [0.2, 0.25) is 0 Å². The maximum atomic E-state index is 12.5. The van der Waals surface area contributed by atoms with Crippen LogP contribution in [-0.2, 0) is 12.8 Å². The summed E-state index contributed by atoms with van der Waals surface area (Å²) in [5.74, 6) is 1.61. The first kappa shape index (κ1) is 16.8. The number of H-pyrrole nitrogens is 1.